The maximum Gasteiger partial charge on any atom is 0.0949 e. The summed E-state index contributed by atoms with van der Waals surface area (Å²) in [6.45, 7) is 7.37. The van der Waals surface area contributed by atoms with E-state index in [1.165, 1.54) is 26.0 Å². The van der Waals surface area contributed by atoms with Crippen LogP contribution < -0.4 is 5.32 Å². The van der Waals surface area contributed by atoms with Crippen molar-refractivity contribution < 1.29 is 0 Å². The van der Waals surface area contributed by atoms with Crippen LogP contribution in [0.1, 0.15) is 34.1 Å². The van der Waals surface area contributed by atoms with Crippen LogP contribution in [-0.2, 0) is 6.42 Å². The number of aromatic nitrogens is 1. The van der Waals surface area contributed by atoms with Gasteiger partial charge >= 0.3 is 0 Å². The van der Waals surface area contributed by atoms with Crippen LogP contribution in [0.3, 0.4) is 0 Å². The molecule has 0 aliphatic carbocycles. The van der Waals surface area contributed by atoms with E-state index >= 15 is 0 Å². The first-order valence-electron chi connectivity index (χ1n) is 6.94. The molecule has 4 heteroatoms. The largest absolute Gasteiger partial charge is 0.310 e. The average molecular weight is 307 g/mol. The lowest BCUT2D eigenvalue weighted by Crippen LogP contribution is -2.23. The summed E-state index contributed by atoms with van der Waals surface area (Å²) >= 11 is 3.63. The molecule has 0 saturated carbocycles. The van der Waals surface area contributed by atoms with Crippen LogP contribution in [0.5, 0.6) is 0 Å². The minimum absolute atomic E-state index is 0.341. The predicted octanol–water partition coefficient (Wildman–Crippen LogP) is 4.38. The second-order valence-corrected chi connectivity index (χ2v) is 6.94. The van der Waals surface area contributed by atoms with Crippen molar-refractivity contribution in [2.75, 3.05) is 12.8 Å². The molecular weight excluding hydrogens is 284 g/mol. The number of nitrogens with zero attached hydrogens (tertiary/aromatic N) is 1. The van der Waals surface area contributed by atoms with Gasteiger partial charge in [-0.05, 0) is 38.3 Å². The molecule has 0 aliphatic heterocycles. The number of thioether (sulfide) groups is 1. The molecule has 1 aromatic carbocycles. The highest BCUT2D eigenvalue weighted by atomic mass is 32.2. The zero-order valence-electron chi connectivity index (χ0n) is 12.6. The van der Waals surface area contributed by atoms with Crippen LogP contribution in [0, 0.1) is 13.8 Å². The SMILES string of the molecule is CCNC(Cc1nc(C)c(C)s1)c1ccccc1SC. The Morgan fingerprint density at radius 1 is 1.30 bits per heavy atom. The van der Waals surface area contributed by atoms with Crippen LogP contribution in [0.4, 0.5) is 0 Å². The summed E-state index contributed by atoms with van der Waals surface area (Å²) < 4.78 is 0. The maximum atomic E-state index is 4.68. The van der Waals surface area contributed by atoms with Gasteiger partial charge in [0.1, 0.15) is 0 Å². The fraction of sp³-hybridized carbons (Fsp3) is 0.438. The predicted molar refractivity (Wildman–Crippen MR) is 89.9 cm³/mol. The molecule has 108 valence electrons. The standard InChI is InChI=1S/C16H22N2S2/c1-5-17-14(10-16-18-11(2)12(3)20-16)13-8-6-7-9-15(13)19-4/h6-9,14,17H,5,10H2,1-4H3. The fourth-order valence-corrected chi connectivity index (χ4v) is 3.93. The van der Waals surface area contributed by atoms with E-state index in [-0.39, 0.29) is 0 Å². The molecule has 1 N–H and O–H groups in total. The zero-order chi connectivity index (χ0) is 14.5. The molecule has 0 saturated heterocycles. The lowest BCUT2D eigenvalue weighted by atomic mass is 10.0. The number of benzene rings is 1. The van der Waals surface area contributed by atoms with E-state index in [1.807, 2.05) is 23.1 Å². The molecule has 2 nitrogen and oxygen atoms in total. The minimum atomic E-state index is 0.341. The Morgan fingerprint density at radius 2 is 2.05 bits per heavy atom. The van der Waals surface area contributed by atoms with Crippen molar-refractivity contribution in [2.45, 2.75) is 38.1 Å². The van der Waals surface area contributed by atoms with Gasteiger partial charge in [-0.2, -0.15) is 0 Å². The molecule has 0 amide bonds. The van der Waals surface area contributed by atoms with Gasteiger partial charge in [-0.3, -0.25) is 0 Å². The molecule has 0 spiro atoms. The van der Waals surface area contributed by atoms with Gasteiger partial charge in [0.15, 0.2) is 0 Å². The van der Waals surface area contributed by atoms with E-state index in [9.17, 15) is 0 Å². The van der Waals surface area contributed by atoms with E-state index in [4.69, 9.17) is 0 Å². The molecule has 0 aliphatic rings. The molecule has 2 aromatic rings. The summed E-state index contributed by atoms with van der Waals surface area (Å²) in [4.78, 5) is 7.36. The Bertz CT molecular complexity index is 544. The van der Waals surface area contributed by atoms with E-state index in [2.05, 4.69) is 61.6 Å². The van der Waals surface area contributed by atoms with Crippen LogP contribution in [-0.4, -0.2) is 17.8 Å². The second-order valence-electron chi connectivity index (χ2n) is 4.81. The van der Waals surface area contributed by atoms with Gasteiger partial charge in [0.05, 0.1) is 10.7 Å². The monoisotopic (exact) mass is 306 g/mol. The highest BCUT2D eigenvalue weighted by Crippen LogP contribution is 2.29. The first-order valence-corrected chi connectivity index (χ1v) is 8.99. The Labute approximate surface area is 130 Å². The van der Waals surface area contributed by atoms with Crippen molar-refractivity contribution in [3.05, 3.63) is 45.4 Å². The number of aryl methyl sites for hydroxylation is 2. The molecular formula is C16H22N2S2. The molecule has 1 aromatic heterocycles. The summed E-state index contributed by atoms with van der Waals surface area (Å²) in [6, 6.07) is 9.00. The number of thiazole rings is 1. The van der Waals surface area contributed by atoms with E-state index in [1.54, 1.807) is 0 Å². The first-order chi connectivity index (χ1) is 9.65. The third kappa shape index (κ3) is 3.62. The van der Waals surface area contributed by atoms with Crippen LogP contribution >= 0.6 is 23.1 Å². The van der Waals surface area contributed by atoms with Crippen molar-refractivity contribution in [3.63, 3.8) is 0 Å². The highest BCUT2D eigenvalue weighted by Gasteiger charge is 2.16. The van der Waals surface area contributed by atoms with Gasteiger partial charge in [-0.1, -0.05) is 25.1 Å². The topological polar surface area (TPSA) is 24.9 Å². The number of rotatable bonds is 6. The summed E-state index contributed by atoms with van der Waals surface area (Å²) in [5, 5.41) is 4.83. The van der Waals surface area contributed by atoms with Gasteiger partial charge in [0.25, 0.3) is 0 Å². The van der Waals surface area contributed by atoms with Gasteiger partial charge in [-0.15, -0.1) is 23.1 Å². The summed E-state index contributed by atoms with van der Waals surface area (Å²) in [6.07, 6.45) is 3.10. The zero-order valence-corrected chi connectivity index (χ0v) is 14.2. The van der Waals surface area contributed by atoms with E-state index in [0.29, 0.717) is 6.04 Å². The quantitative estimate of drug-likeness (QED) is 0.802. The lowest BCUT2D eigenvalue weighted by Gasteiger charge is -2.19. The first kappa shape index (κ1) is 15.5. The fourth-order valence-electron chi connectivity index (χ4n) is 2.29. The van der Waals surface area contributed by atoms with Crippen molar-refractivity contribution in [3.8, 4) is 0 Å². The third-order valence-electron chi connectivity index (χ3n) is 3.42. The van der Waals surface area contributed by atoms with Crippen molar-refractivity contribution in [2.24, 2.45) is 0 Å². The van der Waals surface area contributed by atoms with Crippen LogP contribution in [0.15, 0.2) is 29.2 Å². The highest BCUT2D eigenvalue weighted by molar-refractivity contribution is 7.98. The molecule has 2 rings (SSSR count). The molecule has 0 fully saturated rings. The van der Waals surface area contributed by atoms with Crippen molar-refractivity contribution in [1.29, 1.82) is 0 Å². The Kier molecular flexibility index (Phi) is 5.64. The number of hydrogen-bond donors (Lipinski definition) is 1. The Balaban J connectivity index is 2.26. The second kappa shape index (κ2) is 7.25. The number of likely N-dealkylation sites (N-methyl/N-ethyl adjacent to an activating group) is 1. The molecule has 20 heavy (non-hydrogen) atoms. The number of nitrogens with one attached hydrogen (secondary N) is 1. The Hall–Kier alpha value is -0.840. The van der Waals surface area contributed by atoms with Crippen molar-refractivity contribution >= 4 is 23.1 Å². The van der Waals surface area contributed by atoms with Gasteiger partial charge in [0.2, 0.25) is 0 Å². The number of hydrogen-bond acceptors (Lipinski definition) is 4. The minimum Gasteiger partial charge on any atom is -0.310 e. The Morgan fingerprint density at radius 3 is 2.65 bits per heavy atom. The van der Waals surface area contributed by atoms with E-state index < -0.39 is 0 Å². The lowest BCUT2D eigenvalue weighted by molar-refractivity contribution is 0.541. The molecule has 0 bridgehead atoms. The average Bonchev–Trinajstić information content (AvgIpc) is 2.77. The third-order valence-corrected chi connectivity index (χ3v) is 5.32. The van der Waals surface area contributed by atoms with Crippen LogP contribution in [0.2, 0.25) is 0 Å². The normalized spacial score (nSPS) is 12.6. The summed E-state index contributed by atoms with van der Waals surface area (Å²) in [5.74, 6) is 0. The van der Waals surface area contributed by atoms with Gasteiger partial charge < -0.3 is 5.32 Å². The molecule has 1 unspecified atom stereocenters. The van der Waals surface area contributed by atoms with E-state index in [0.717, 1.165) is 13.0 Å². The molecule has 0 radical (unpaired) electrons. The van der Waals surface area contributed by atoms with Crippen molar-refractivity contribution in [1.82, 2.24) is 10.3 Å². The smallest absolute Gasteiger partial charge is 0.0949 e. The van der Waals surface area contributed by atoms with Crippen LogP contribution in [0.25, 0.3) is 0 Å². The van der Waals surface area contributed by atoms with Gasteiger partial charge in [-0.25, -0.2) is 4.98 Å². The maximum absolute atomic E-state index is 4.68. The molecule has 1 heterocycles. The van der Waals surface area contributed by atoms with Gasteiger partial charge in [0, 0.05) is 22.2 Å². The summed E-state index contributed by atoms with van der Waals surface area (Å²) in [5.41, 5.74) is 2.55. The molecule has 1 atom stereocenters. The summed E-state index contributed by atoms with van der Waals surface area (Å²) in [7, 11) is 0.